The molecule has 0 bridgehead atoms. The summed E-state index contributed by atoms with van der Waals surface area (Å²) in [5.41, 5.74) is -0.393. The lowest BCUT2D eigenvalue weighted by molar-refractivity contribution is 0.147. The van der Waals surface area contributed by atoms with Crippen LogP contribution in [-0.4, -0.2) is 23.4 Å². The van der Waals surface area contributed by atoms with Gasteiger partial charge >= 0.3 is 0 Å². The van der Waals surface area contributed by atoms with Gasteiger partial charge in [0.15, 0.2) is 10.9 Å². The number of hydrogen-bond acceptors (Lipinski definition) is 6. The van der Waals surface area contributed by atoms with E-state index in [1.165, 1.54) is 24.3 Å². The Labute approximate surface area is 196 Å². The molecule has 184 valence electrons. The van der Waals surface area contributed by atoms with Crippen LogP contribution >= 0.6 is 0 Å². The lowest BCUT2D eigenvalue weighted by Crippen LogP contribution is -2.16. The van der Waals surface area contributed by atoms with Crippen LogP contribution in [0.25, 0.3) is 0 Å². The highest BCUT2D eigenvalue weighted by Crippen LogP contribution is 2.23. The molecule has 2 aromatic heterocycles. The van der Waals surface area contributed by atoms with Crippen LogP contribution in [0.15, 0.2) is 42.7 Å². The number of aliphatic hydroxyl groups is 2. The Balaban J connectivity index is 1.90. The quantitative estimate of drug-likeness (QED) is 0.432. The van der Waals surface area contributed by atoms with Gasteiger partial charge in [-0.3, -0.25) is 9.59 Å². The van der Waals surface area contributed by atoms with Crippen LogP contribution in [0.1, 0.15) is 82.8 Å². The molecule has 6 heteroatoms. The fourth-order valence-corrected chi connectivity index (χ4v) is 3.74. The van der Waals surface area contributed by atoms with E-state index < -0.39 is 0 Å². The Morgan fingerprint density at radius 1 is 0.606 bits per heavy atom. The van der Waals surface area contributed by atoms with E-state index in [1.807, 2.05) is 27.7 Å². The third kappa shape index (κ3) is 10.1. The van der Waals surface area contributed by atoms with Gasteiger partial charge < -0.3 is 19.0 Å². The van der Waals surface area contributed by atoms with E-state index >= 15 is 0 Å². The van der Waals surface area contributed by atoms with Crippen molar-refractivity contribution in [3.63, 3.8) is 0 Å². The van der Waals surface area contributed by atoms with Gasteiger partial charge in [0, 0.05) is 63.2 Å². The van der Waals surface area contributed by atoms with Gasteiger partial charge in [-0.05, 0) is 42.9 Å². The second-order valence-electron chi connectivity index (χ2n) is 10.7. The second-order valence-corrected chi connectivity index (χ2v) is 10.7. The van der Waals surface area contributed by atoms with Gasteiger partial charge in [-0.2, -0.15) is 0 Å². The van der Waals surface area contributed by atoms with E-state index in [0.29, 0.717) is 55.1 Å². The first-order valence-corrected chi connectivity index (χ1v) is 12.0. The van der Waals surface area contributed by atoms with Gasteiger partial charge in [-0.15, -0.1) is 0 Å². The zero-order valence-electron chi connectivity index (χ0n) is 20.6. The molecule has 0 aliphatic heterocycles. The topological polar surface area (TPSA) is 101 Å². The average molecular weight is 461 g/mol. The van der Waals surface area contributed by atoms with Crippen LogP contribution in [0.5, 0.6) is 0 Å². The maximum absolute atomic E-state index is 12.1. The largest absolute Gasteiger partial charge is 0.466 e. The van der Waals surface area contributed by atoms with Crippen LogP contribution in [-0.2, 0) is 25.7 Å². The van der Waals surface area contributed by atoms with Crippen LogP contribution in [0.2, 0.25) is 0 Å². The van der Waals surface area contributed by atoms with Gasteiger partial charge in [-0.1, -0.05) is 27.7 Å². The maximum atomic E-state index is 12.1. The summed E-state index contributed by atoms with van der Waals surface area (Å²) in [5.74, 6) is 2.63. The molecule has 0 aliphatic rings. The van der Waals surface area contributed by atoms with Crippen molar-refractivity contribution >= 4 is 0 Å². The van der Waals surface area contributed by atoms with Gasteiger partial charge in [0.05, 0.1) is 0 Å². The molecular formula is C27H40O6. The molecule has 0 aromatic carbocycles. The summed E-state index contributed by atoms with van der Waals surface area (Å²) in [7, 11) is 0. The summed E-state index contributed by atoms with van der Waals surface area (Å²) in [6.07, 6.45) is 6.59. The maximum Gasteiger partial charge on any atom is 0.185 e. The summed E-state index contributed by atoms with van der Waals surface area (Å²) >= 11 is 0. The predicted molar refractivity (Wildman–Crippen MR) is 130 cm³/mol. The van der Waals surface area contributed by atoms with Gasteiger partial charge in [0.25, 0.3) is 0 Å². The predicted octanol–water partition coefficient (Wildman–Crippen LogP) is 4.45. The van der Waals surface area contributed by atoms with Crippen molar-refractivity contribution in [2.75, 3.05) is 13.2 Å². The molecule has 0 spiro atoms. The number of hydrogen-bond donors (Lipinski definition) is 2. The standard InChI is InChI=1S/C27H40O6/c1-26(2,18-28)12-6-10-24-16-20(30)14-22(32-24)8-5-9-23-15-21(31)17-25(33-23)11-7-13-27(3,4)19-29/h14-17,28-29H,5-13,18-19H2,1-4H3. The van der Waals surface area contributed by atoms with Gasteiger partial charge in [0.1, 0.15) is 23.0 Å². The molecule has 0 radical (unpaired) electrons. The highest BCUT2D eigenvalue weighted by atomic mass is 16.3. The summed E-state index contributed by atoms with van der Waals surface area (Å²) in [4.78, 5) is 24.1. The van der Waals surface area contributed by atoms with Crippen molar-refractivity contribution in [2.45, 2.75) is 85.5 Å². The van der Waals surface area contributed by atoms with Gasteiger partial charge in [-0.25, -0.2) is 0 Å². The van der Waals surface area contributed by atoms with Crippen LogP contribution in [0, 0.1) is 10.8 Å². The lowest BCUT2D eigenvalue weighted by Gasteiger charge is -2.20. The molecular weight excluding hydrogens is 420 g/mol. The minimum absolute atomic E-state index is 0.0630. The highest BCUT2D eigenvalue weighted by Gasteiger charge is 2.17. The second kappa shape index (κ2) is 12.3. The first-order chi connectivity index (χ1) is 15.5. The summed E-state index contributed by atoms with van der Waals surface area (Å²) < 4.78 is 11.8. The van der Waals surface area contributed by atoms with E-state index in [-0.39, 0.29) is 34.9 Å². The van der Waals surface area contributed by atoms with Gasteiger partial charge in [0.2, 0.25) is 0 Å². The molecule has 0 unspecified atom stereocenters. The van der Waals surface area contributed by atoms with E-state index in [0.717, 1.165) is 25.7 Å². The Bertz CT molecular complexity index is 903. The Morgan fingerprint density at radius 2 is 0.909 bits per heavy atom. The van der Waals surface area contributed by atoms with E-state index in [2.05, 4.69) is 0 Å². The molecule has 0 saturated heterocycles. The molecule has 2 heterocycles. The third-order valence-corrected chi connectivity index (χ3v) is 5.99. The van der Waals surface area contributed by atoms with Crippen molar-refractivity contribution in [2.24, 2.45) is 10.8 Å². The molecule has 33 heavy (non-hydrogen) atoms. The van der Waals surface area contributed by atoms with E-state index in [9.17, 15) is 19.8 Å². The molecule has 2 aromatic rings. The minimum Gasteiger partial charge on any atom is -0.466 e. The van der Waals surface area contributed by atoms with Crippen molar-refractivity contribution in [3.8, 4) is 0 Å². The molecule has 0 fully saturated rings. The van der Waals surface area contributed by atoms with Crippen LogP contribution < -0.4 is 10.9 Å². The van der Waals surface area contributed by atoms with E-state index in [1.54, 1.807) is 0 Å². The third-order valence-electron chi connectivity index (χ3n) is 5.99. The van der Waals surface area contributed by atoms with Crippen molar-refractivity contribution in [1.29, 1.82) is 0 Å². The normalized spacial score (nSPS) is 12.3. The summed E-state index contributed by atoms with van der Waals surface area (Å²) in [6.45, 7) is 8.33. The Kier molecular flexibility index (Phi) is 10.1. The molecule has 2 rings (SSSR count). The monoisotopic (exact) mass is 460 g/mol. The fraction of sp³-hybridized carbons (Fsp3) is 0.630. The lowest BCUT2D eigenvalue weighted by atomic mass is 9.88. The van der Waals surface area contributed by atoms with Crippen molar-refractivity contribution < 1.29 is 19.0 Å². The number of rotatable bonds is 14. The summed E-state index contributed by atoms with van der Waals surface area (Å²) in [6, 6.07) is 6.12. The van der Waals surface area contributed by atoms with Crippen molar-refractivity contribution in [3.05, 3.63) is 67.8 Å². The minimum atomic E-state index is -0.134. The Morgan fingerprint density at radius 3 is 1.21 bits per heavy atom. The zero-order valence-corrected chi connectivity index (χ0v) is 20.6. The number of aryl methyl sites for hydroxylation is 4. The average Bonchev–Trinajstić information content (AvgIpc) is 2.73. The first kappa shape index (κ1) is 27.1. The fourth-order valence-electron chi connectivity index (χ4n) is 3.74. The smallest absolute Gasteiger partial charge is 0.185 e. The summed E-state index contributed by atoms with van der Waals surface area (Å²) in [5, 5.41) is 18.8. The van der Waals surface area contributed by atoms with Crippen LogP contribution in [0.3, 0.4) is 0 Å². The van der Waals surface area contributed by atoms with Crippen LogP contribution in [0.4, 0.5) is 0 Å². The highest BCUT2D eigenvalue weighted by molar-refractivity contribution is 5.09. The van der Waals surface area contributed by atoms with E-state index in [4.69, 9.17) is 8.83 Å². The number of aliphatic hydroxyl groups excluding tert-OH is 2. The SMILES string of the molecule is CC(C)(CO)CCCc1cc(=O)cc(CCCc2cc(=O)cc(CCCC(C)(C)CO)o2)o1. The molecule has 0 amide bonds. The first-order valence-electron chi connectivity index (χ1n) is 12.0. The molecule has 0 aliphatic carbocycles. The molecule has 2 N–H and O–H groups in total. The molecule has 0 saturated carbocycles. The van der Waals surface area contributed by atoms with Crippen molar-refractivity contribution in [1.82, 2.24) is 0 Å². The Hall–Kier alpha value is -2.18. The molecule has 6 nitrogen and oxygen atoms in total. The zero-order chi connectivity index (χ0) is 24.5. The molecule has 0 atom stereocenters.